The van der Waals surface area contributed by atoms with Crippen LogP contribution in [0, 0.1) is 13.8 Å². The molecule has 2 aromatic heterocycles. The Bertz CT molecular complexity index is 1540. The third-order valence-corrected chi connectivity index (χ3v) is 7.46. The largest absolute Gasteiger partial charge is 0.519 e. The van der Waals surface area contributed by atoms with Gasteiger partial charge in [-0.1, -0.05) is 0 Å². The minimum absolute atomic E-state index is 0.00343. The van der Waals surface area contributed by atoms with Gasteiger partial charge in [-0.3, -0.25) is 9.59 Å². The number of rotatable bonds is 12. The zero-order valence-corrected chi connectivity index (χ0v) is 25.2. The first-order valence-corrected chi connectivity index (χ1v) is 14.2. The van der Waals surface area contributed by atoms with Crippen LogP contribution in [0.4, 0.5) is 9.59 Å². The lowest BCUT2D eigenvalue weighted by Gasteiger charge is -2.25. The van der Waals surface area contributed by atoms with Crippen molar-refractivity contribution in [1.29, 1.82) is 0 Å². The van der Waals surface area contributed by atoms with Crippen molar-refractivity contribution in [1.82, 2.24) is 5.32 Å². The monoisotopic (exact) mass is 645 g/mol. The molecule has 43 heavy (non-hydrogen) atoms. The summed E-state index contributed by atoms with van der Waals surface area (Å²) < 4.78 is 37.7. The first kappa shape index (κ1) is 33.3. The predicted molar refractivity (Wildman–Crippen MR) is 145 cm³/mol. The number of carbonyl (C=O) groups is 5. The fourth-order valence-corrected chi connectivity index (χ4v) is 4.56. The van der Waals surface area contributed by atoms with Crippen molar-refractivity contribution in [2.24, 2.45) is 0 Å². The molecule has 0 bridgehead atoms. The molecular formula is C25H27NO15S2. The number of ether oxygens (including phenoxy) is 4. The third kappa shape index (κ3) is 9.67. The number of thioether (sulfide) groups is 2. The number of aryl methyl sites for hydroxylation is 2. The van der Waals surface area contributed by atoms with Crippen molar-refractivity contribution in [3.8, 4) is 0 Å². The Kier molecular flexibility index (Phi) is 11.1. The van der Waals surface area contributed by atoms with Crippen molar-refractivity contribution in [2.45, 2.75) is 65.0 Å². The van der Waals surface area contributed by atoms with Crippen molar-refractivity contribution in [2.75, 3.05) is 12.4 Å². The van der Waals surface area contributed by atoms with Crippen LogP contribution in [0.1, 0.15) is 50.2 Å². The van der Waals surface area contributed by atoms with Gasteiger partial charge in [-0.2, -0.15) is 0 Å². The van der Waals surface area contributed by atoms with Crippen LogP contribution in [0.5, 0.6) is 0 Å². The van der Waals surface area contributed by atoms with E-state index >= 15 is 0 Å². The molecule has 2 aromatic rings. The Morgan fingerprint density at radius 3 is 1.88 bits per heavy atom. The van der Waals surface area contributed by atoms with Crippen LogP contribution in [-0.4, -0.2) is 51.6 Å². The first-order valence-electron chi connectivity index (χ1n) is 12.4. The summed E-state index contributed by atoms with van der Waals surface area (Å²) in [4.78, 5) is 84.5. The Morgan fingerprint density at radius 2 is 1.40 bits per heavy atom. The van der Waals surface area contributed by atoms with Gasteiger partial charge >= 0.3 is 34.2 Å². The summed E-state index contributed by atoms with van der Waals surface area (Å²) in [7, 11) is 0. The van der Waals surface area contributed by atoms with Crippen molar-refractivity contribution >= 4 is 52.0 Å². The van der Waals surface area contributed by atoms with Crippen molar-refractivity contribution < 1.29 is 60.6 Å². The summed E-state index contributed by atoms with van der Waals surface area (Å²) in [5.41, 5.74) is 0.568. The SMILES string of the molecule is CC1=C(COC(=O)[C@H](CSC(=O)OCc2oc(=O)oc2C)NC(=O)C(C)(C)SC(=O)OCc2oc(=O)oc2C)OC(=O)C1. The Hall–Kier alpha value is -4.19. The molecule has 234 valence electrons. The number of amides is 1. The summed E-state index contributed by atoms with van der Waals surface area (Å²) in [5, 5.41) is 0.667. The van der Waals surface area contributed by atoms with E-state index in [1.807, 2.05) is 0 Å². The lowest BCUT2D eigenvalue weighted by Crippen LogP contribution is -2.50. The Labute approximate surface area is 250 Å². The van der Waals surface area contributed by atoms with E-state index in [0.717, 1.165) is 0 Å². The van der Waals surface area contributed by atoms with Gasteiger partial charge in [0, 0.05) is 5.75 Å². The van der Waals surface area contributed by atoms with E-state index in [9.17, 15) is 33.6 Å². The number of carbonyl (C=O) groups excluding carboxylic acids is 5. The van der Waals surface area contributed by atoms with Gasteiger partial charge in [0.15, 0.2) is 36.3 Å². The zero-order valence-electron chi connectivity index (χ0n) is 23.6. The molecule has 1 aliphatic rings. The molecule has 16 nitrogen and oxygen atoms in total. The summed E-state index contributed by atoms with van der Waals surface area (Å²) in [6.45, 7) is 6.04. The van der Waals surface area contributed by atoms with Gasteiger partial charge in [-0.05, 0) is 63.7 Å². The predicted octanol–water partition coefficient (Wildman–Crippen LogP) is 2.86. The second-order valence-electron chi connectivity index (χ2n) is 9.36. The minimum Gasteiger partial charge on any atom is -0.456 e. The summed E-state index contributed by atoms with van der Waals surface area (Å²) >= 11 is 0.991. The van der Waals surface area contributed by atoms with Gasteiger partial charge in [0.2, 0.25) is 5.91 Å². The van der Waals surface area contributed by atoms with Gasteiger partial charge in [-0.15, -0.1) is 0 Å². The number of esters is 2. The molecule has 0 saturated carbocycles. The zero-order chi connectivity index (χ0) is 31.9. The lowest BCUT2D eigenvalue weighted by molar-refractivity contribution is -0.149. The van der Waals surface area contributed by atoms with Crippen LogP contribution in [0.3, 0.4) is 0 Å². The van der Waals surface area contributed by atoms with E-state index in [4.69, 9.17) is 27.8 Å². The maximum atomic E-state index is 13.1. The molecule has 0 unspecified atom stereocenters. The van der Waals surface area contributed by atoms with Gasteiger partial charge in [0.1, 0.15) is 18.4 Å². The number of hydrogen-bond acceptors (Lipinski definition) is 17. The molecule has 0 aliphatic carbocycles. The molecule has 0 radical (unpaired) electrons. The highest BCUT2D eigenvalue weighted by molar-refractivity contribution is 8.15. The lowest BCUT2D eigenvalue weighted by atomic mass is 10.2. The smallest absolute Gasteiger partial charge is 0.456 e. The van der Waals surface area contributed by atoms with Crippen molar-refractivity contribution in [3.63, 3.8) is 0 Å². The van der Waals surface area contributed by atoms with Crippen LogP contribution in [0.2, 0.25) is 0 Å². The molecule has 1 atom stereocenters. The second kappa shape index (κ2) is 14.3. The van der Waals surface area contributed by atoms with E-state index in [1.54, 1.807) is 6.92 Å². The van der Waals surface area contributed by atoms with Gasteiger partial charge in [0.25, 0.3) is 0 Å². The molecule has 1 amide bonds. The number of nitrogens with one attached hydrogen (secondary N) is 1. The quantitative estimate of drug-likeness (QED) is 0.259. The van der Waals surface area contributed by atoms with Crippen LogP contribution in [-0.2, 0) is 46.5 Å². The standard InChI is InChI=1S/C25H27NO15S2/c1-11-6-18(27)39-15(11)7-34-19(28)14(10-42-23(32)35-8-16-12(2)37-21(30)40-16)26-20(29)25(4,5)43-24(33)36-9-17-13(3)38-22(31)41-17/h14H,6-10H2,1-5H3,(H,26,29)/t14-/m0/s1. The third-order valence-electron chi connectivity index (χ3n) is 5.62. The average Bonchev–Trinajstić information content (AvgIpc) is 3.54. The van der Waals surface area contributed by atoms with Gasteiger partial charge in [0.05, 0.1) is 11.2 Å². The average molecular weight is 646 g/mol. The first-order chi connectivity index (χ1) is 20.1. The van der Waals surface area contributed by atoms with Crippen molar-refractivity contribution in [3.05, 3.63) is 55.6 Å². The second-order valence-corrected chi connectivity index (χ2v) is 11.9. The molecule has 0 aromatic carbocycles. The van der Waals surface area contributed by atoms with E-state index < -0.39 is 70.7 Å². The Balaban J connectivity index is 1.61. The molecule has 1 aliphatic heterocycles. The van der Waals surface area contributed by atoms with Crippen LogP contribution < -0.4 is 17.0 Å². The molecule has 18 heteroatoms. The highest BCUT2D eigenvalue weighted by atomic mass is 32.2. The number of cyclic esters (lactones) is 1. The van der Waals surface area contributed by atoms with Crippen LogP contribution in [0.15, 0.2) is 38.6 Å². The van der Waals surface area contributed by atoms with Gasteiger partial charge in [-0.25, -0.2) is 24.0 Å². The molecule has 0 saturated heterocycles. The van der Waals surface area contributed by atoms with E-state index in [2.05, 4.69) is 14.2 Å². The summed E-state index contributed by atoms with van der Waals surface area (Å²) in [6.07, 6.45) is 0.0405. The normalized spacial score (nSPS) is 13.8. The molecular weight excluding hydrogens is 618 g/mol. The molecule has 0 fully saturated rings. The van der Waals surface area contributed by atoms with E-state index in [1.165, 1.54) is 27.7 Å². The minimum atomic E-state index is -1.50. The molecule has 1 N–H and O–H groups in total. The fraction of sp³-hybridized carbons (Fsp3) is 0.480. The van der Waals surface area contributed by atoms with Gasteiger partial charge < -0.3 is 41.9 Å². The fourth-order valence-electron chi connectivity index (χ4n) is 3.21. The highest BCUT2D eigenvalue weighted by Gasteiger charge is 2.36. The Morgan fingerprint density at radius 1 is 0.837 bits per heavy atom. The van der Waals surface area contributed by atoms with Crippen LogP contribution in [0.25, 0.3) is 0 Å². The van der Waals surface area contributed by atoms with Crippen LogP contribution >= 0.6 is 23.5 Å². The molecule has 3 heterocycles. The molecule has 3 rings (SSSR count). The highest BCUT2D eigenvalue weighted by Crippen LogP contribution is 2.28. The maximum Gasteiger partial charge on any atom is 0.519 e. The summed E-state index contributed by atoms with van der Waals surface area (Å²) in [5.74, 6) is -4.18. The topological polar surface area (TPSA) is 221 Å². The summed E-state index contributed by atoms with van der Waals surface area (Å²) in [6, 6.07) is -1.42. The van der Waals surface area contributed by atoms with E-state index in [-0.39, 0.29) is 41.0 Å². The number of hydrogen-bond donors (Lipinski definition) is 1. The molecule has 0 spiro atoms. The van der Waals surface area contributed by atoms with E-state index in [0.29, 0.717) is 29.1 Å². The maximum absolute atomic E-state index is 13.1.